The Bertz CT molecular complexity index is 913. The molecule has 1 aromatic heterocycles. The molecule has 0 radical (unpaired) electrons. The molecule has 126 valence electrons. The van der Waals surface area contributed by atoms with Crippen LogP contribution in [0.5, 0.6) is 0 Å². The summed E-state index contributed by atoms with van der Waals surface area (Å²) in [6.45, 7) is 1.99. The predicted octanol–water partition coefficient (Wildman–Crippen LogP) is 4.77. The topological polar surface area (TPSA) is 41.5 Å². The fourth-order valence-corrected chi connectivity index (χ4v) is 3.09. The Morgan fingerprint density at radius 3 is 2.44 bits per heavy atom. The molecule has 0 aliphatic heterocycles. The number of nitrogens with zero attached hydrogens (tertiary/aromatic N) is 1. The van der Waals surface area contributed by atoms with Crippen molar-refractivity contribution in [2.24, 2.45) is 5.10 Å². The highest BCUT2D eigenvalue weighted by Gasteiger charge is 2.14. The van der Waals surface area contributed by atoms with E-state index in [2.05, 4.69) is 10.5 Å². The first kappa shape index (κ1) is 17.0. The fraction of sp³-hybridized carbons (Fsp3) is 0.0526. The number of hydrogen-bond acceptors (Lipinski definition) is 3. The van der Waals surface area contributed by atoms with E-state index in [4.69, 9.17) is 0 Å². The minimum atomic E-state index is -0.741. The van der Waals surface area contributed by atoms with E-state index >= 15 is 0 Å². The lowest BCUT2D eigenvalue weighted by molar-refractivity contribution is 0.0959. The first-order chi connectivity index (χ1) is 12.1. The molecule has 0 spiro atoms. The third kappa shape index (κ3) is 3.80. The van der Waals surface area contributed by atoms with Gasteiger partial charge in [-0.3, -0.25) is 4.79 Å². The Morgan fingerprint density at radius 2 is 1.76 bits per heavy atom. The number of aryl methyl sites for hydroxylation is 1. The van der Waals surface area contributed by atoms with Gasteiger partial charge in [0.1, 0.15) is 16.5 Å². The van der Waals surface area contributed by atoms with Gasteiger partial charge in [0.05, 0.1) is 11.8 Å². The van der Waals surface area contributed by atoms with Crippen molar-refractivity contribution in [1.29, 1.82) is 0 Å². The summed E-state index contributed by atoms with van der Waals surface area (Å²) in [5.74, 6) is -1.91. The van der Waals surface area contributed by atoms with Crippen molar-refractivity contribution < 1.29 is 13.6 Å². The van der Waals surface area contributed by atoms with E-state index in [-0.39, 0.29) is 5.56 Å². The van der Waals surface area contributed by atoms with Gasteiger partial charge in [0.25, 0.3) is 5.91 Å². The number of thiophene rings is 1. The highest BCUT2D eigenvalue weighted by molar-refractivity contribution is 7.12. The summed E-state index contributed by atoms with van der Waals surface area (Å²) in [5, 5.41) is 5.48. The molecule has 3 nitrogen and oxygen atoms in total. The smallest absolute Gasteiger partial charge is 0.266 e. The number of amides is 1. The first-order valence-corrected chi connectivity index (χ1v) is 8.36. The first-order valence-electron chi connectivity index (χ1n) is 7.48. The van der Waals surface area contributed by atoms with E-state index in [1.54, 1.807) is 0 Å². The Kier molecular flexibility index (Phi) is 5.00. The number of benzene rings is 2. The normalized spacial score (nSPS) is 11.0. The minimum absolute atomic E-state index is 0.298. The van der Waals surface area contributed by atoms with Crippen molar-refractivity contribution in [1.82, 2.24) is 5.43 Å². The maximum Gasteiger partial charge on any atom is 0.282 e. The maximum atomic E-state index is 13.5. The quantitative estimate of drug-likeness (QED) is 0.531. The molecule has 1 amide bonds. The van der Waals surface area contributed by atoms with Crippen molar-refractivity contribution in [3.63, 3.8) is 0 Å². The number of halogens is 2. The van der Waals surface area contributed by atoms with Gasteiger partial charge in [-0.05, 0) is 36.1 Å². The van der Waals surface area contributed by atoms with Crippen LogP contribution in [0.15, 0.2) is 59.0 Å². The molecule has 1 heterocycles. The molecule has 0 fully saturated rings. The van der Waals surface area contributed by atoms with Crippen LogP contribution in [0, 0.1) is 18.6 Å². The molecular formula is C19H14F2N2OS. The van der Waals surface area contributed by atoms with E-state index in [0.717, 1.165) is 35.0 Å². The Morgan fingerprint density at radius 1 is 1.08 bits per heavy atom. The zero-order chi connectivity index (χ0) is 17.8. The molecule has 1 N–H and O–H groups in total. The Balaban J connectivity index is 1.78. The molecule has 25 heavy (non-hydrogen) atoms. The van der Waals surface area contributed by atoms with Gasteiger partial charge in [0.15, 0.2) is 0 Å². The number of hydrazone groups is 1. The molecule has 0 aliphatic rings. The summed E-state index contributed by atoms with van der Waals surface area (Å²) in [5.41, 5.74) is 4.85. The molecule has 0 aliphatic carbocycles. The SMILES string of the molecule is Cc1ccc(-c2ccsc2C(=O)N/N=C\c2c(F)cccc2F)cc1. The van der Waals surface area contributed by atoms with E-state index in [9.17, 15) is 13.6 Å². The Labute approximate surface area is 147 Å². The second kappa shape index (κ2) is 7.36. The summed E-state index contributed by atoms with van der Waals surface area (Å²) in [4.78, 5) is 12.8. The summed E-state index contributed by atoms with van der Waals surface area (Å²) >= 11 is 1.28. The van der Waals surface area contributed by atoms with Crippen LogP contribution in [0.4, 0.5) is 8.78 Å². The maximum absolute atomic E-state index is 13.5. The lowest BCUT2D eigenvalue weighted by Gasteiger charge is -2.04. The molecule has 0 saturated carbocycles. The zero-order valence-electron chi connectivity index (χ0n) is 13.3. The highest BCUT2D eigenvalue weighted by Crippen LogP contribution is 2.28. The molecule has 3 aromatic rings. The molecule has 0 unspecified atom stereocenters. The van der Waals surface area contributed by atoms with Gasteiger partial charge in [-0.25, -0.2) is 14.2 Å². The van der Waals surface area contributed by atoms with Crippen molar-refractivity contribution in [3.05, 3.63) is 81.5 Å². The fourth-order valence-electron chi connectivity index (χ4n) is 2.29. The van der Waals surface area contributed by atoms with Crippen LogP contribution in [0.1, 0.15) is 20.8 Å². The molecular weight excluding hydrogens is 342 g/mol. The van der Waals surface area contributed by atoms with Crippen LogP contribution in [0.3, 0.4) is 0 Å². The van der Waals surface area contributed by atoms with Crippen LogP contribution in [-0.4, -0.2) is 12.1 Å². The van der Waals surface area contributed by atoms with Gasteiger partial charge in [0.2, 0.25) is 0 Å². The summed E-state index contributed by atoms with van der Waals surface area (Å²) in [6, 6.07) is 13.2. The van der Waals surface area contributed by atoms with Crippen molar-refractivity contribution in [3.8, 4) is 11.1 Å². The van der Waals surface area contributed by atoms with Gasteiger partial charge >= 0.3 is 0 Å². The molecule has 0 atom stereocenters. The lowest BCUT2D eigenvalue weighted by Crippen LogP contribution is -2.17. The third-order valence-electron chi connectivity index (χ3n) is 3.59. The van der Waals surface area contributed by atoms with E-state index < -0.39 is 17.5 Å². The van der Waals surface area contributed by atoms with Crippen molar-refractivity contribution in [2.45, 2.75) is 6.92 Å². The molecule has 0 saturated heterocycles. The van der Waals surface area contributed by atoms with E-state index in [1.807, 2.05) is 42.6 Å². The standard InChI is InChI=1S/C19H14F2N2OS/c1-12-5-7-13(8-6-12)14-9-10-25-18(14)19(24)23-22-11-15-16(20)3-2-4-17(15)21/h2-11H,1H3,(H,23,24)/b22-11-. The molecule has 2 aromatic carbocycles. The second-order valence-corrected chi connectivity index (χ2v) is 6.28. The number of carbonyl (C=O) groups excluding carboxylic acids is 1. The van der Waals surface area contributed by atoms with Crippen LogP contribution >= 0.6 is 11.3 Å². The van der Waals surface area contributed by atoms with Gasteiger partial charge in [-0.1, -0.05) is 35.9 Å². The number of nitrogens with one attached hydrogen (secondary N) is 1. The lowest BCUT2D eigenvalue weighted by atomic mass is 10.1. The van der Waals surface area contributed by atoms with E-state index in [0.29, 0.717) is 4.88 Å². The van der Waals surface area contributed by atoms with E-state index in [1.165, 1.54) is 17.4 Å². The zero-order valence-corrected chi connectivity index (χ0v) is 14.1. The van der Waals surface area contributed by atoms with Gasteiger partial charge in [-0.15, -0.1) is 11.3 Å². The molecule has 0 bridgehead atoms. The predicted molar refractivity (Wildman–Crippen MR) is 95.9 cm³/mol. The molecule has 6 heteroatoms. The minimum Gasteiger partial charge on any atom is -0.266 e. The summed E-state index contributed by atoms with van der Waals surface area (Å²) < 4.78 is 27.0. The van der Waals surface area contributed by atoms with Crippen LogP contribution < -0.4 is 5.43 Å². The van der Waals surface area contributed by atoms with Crippen LogP contribution in [0.2, 0.25) is 0 Å². The average Bonchev–Trinajstić information content (AvgIpc) is 3.08. The number of hydrogen-bond donors (Lipinski definition) is 1. The van der Waals surface area contributed by atoms with Crippen LogP contribution in [-0.2, 0) is 0 Å². The van der Waals surface area contributed by atoms with Gasteiger partial charge in [-0.2, -0.15) is 5.10 Å². The number of rotatable bonds is 4. The van der Waals surface area contributed by atoms with Gasteiger partial charge < -0.3 is 0 Å². The van der Waals surface area contributed by atoms with Crippen LogP contribution in [0.25, 0.3) is 11.1 Å². The van der Waals surface area contributed by atoms with Crippen molar-refractivity contribution in [2.75, 3.05) is 0 Å². The third-order valence-corrected chi connectivity index (χ3v) is 4.51. The largest absolute Gasteiger partial charge is 0.282 e. The molecule has 3 rings (SSSR count). The van der Waals surface area contributed by atoms with Gasteiger partial charge in [0, 0.05) is 5.56 Å². The Hall–Kier alpha value is -2.86. The second-order valence-electron chi connectivity index (χ2n) is 5.36. The highest BCUT2D eigenvalue weighted by atomic mass is 32.1. The monoisotopic (exact) mass is 356 g/mol. The summed E-state index contributed by atoms with van der Waals surface area (Å²) in [7, 11) is 0. The number of carbonyl (C=O) groups is 1. The average molecular weight is 356 g/mol. The summed E-state index contributed by atoms with van der Waals surface area (Å²) in [6.07, 6.45) is 0.960. The van der Waals surface area contributed by atoms with Crippen molar-refractivity contribution >= 4 is 23.5 Å².